The van der Waals surface area contributed by atoms with Gasteiger partial charge in [-0.05, 0) is 51.7 Å². The van der Waals surface area contributed by atoms with E-state index in [9.17, 15) is 0 Å². The first kappa shape index (κ1) is 14.0. The van der Waals surface area contributed by atoms with Crippen molar-refractivity contribution in [2.75, 3.05) is 19.6 Å². The van der Waals surface area contributed by atoms with Crippen LogP contribution in [0.25, 0.3) is 0 Å². The molecule has 1 rings (SSSR count). The molecule has 1 N–H and O–H groups in total. The topological polar surface area (TPSA) is 15.3 Å². The summed E-state index contributed by atoms with van der Waals surface area (Å²) < 4.78 is 0. The van der Waals surface area contributed by atoms with E-state index < -0.39 is 0 Å². The van der Waals surface area contributed by atoms with Crippen molar-refractivity contribution in [3.63, 3.8) is 0 Å². The number of hydrogen-bond acceptors (Lipinski definition) is 2. The Morgan fingerprint density at radius 3 is 2.81 bits per heavy atom. The number of nitrogens with one attached hydrogen (secondary N) is 1. The minimum Gasteiger partial charge on any atom is -0.315 e. The molecule has 1 fully saturated rings. The van der Waals surface area contributed by atoms with Crippen LogP contribution in [0.1, 0.15) is 59.3 Å². The van der Waals surface area contributed by atoms with Gasteiger partial charge in [0, 0.05) is 12.1 Å². The first-order valence-corrected chi connectivity index (χ1v) is 7.21. The highest BCUT2D eigenvalue weighted by molar-refractivity contribution is 4.79. The summed E-state index contributed by atoms with van der Waals surface area (Å²) in [5, 5.41) is 3.51. The molecule has 1 saturated heterocycles. The predicted octanol–water partition coefficient (Wildman–Crippen LogP) is 3.03. The molecule has 0 aromatic rings. The van der Waals surface area contributed by atoms with Gasteiger partial charge in [-0.1, -0.05) is 27.2 Å². The van der Waals surface area contributed by atoms with E-state index in [-0.39, 0.29) is 0 Å². The first-order chi connectivity index (χ1) is 7.74. The van der Waals surface area contributed by atoms with Gasteiger partial charge in [-0.25, -0.2) is 0 Å². The largest absolute Gasteiger partial charge is 0.315 e. The lowest BCUT2D eigenvalue weighted by molar-refractivity contribution is 0.235. The Hall–Kier alpha value is -0.0800. The summed E-state index contributed by atoms with van der Waals surface area (Å²) in [6.07, 6.45) is 8.30. The Balaban J connectivity index is 2.09. The van der Waals surface area contributed by atoms with Crippen LogP contribution in [0.5, 0.6) is 0 Å². The molecule has 0 bridgehead atoms. The summed E-state index contributed by atoms with van der Waals surface area (Å²) in [6, 6.07) is 1.53. The van der Waals surface area contributed by atoms with Crippen LogP contribution in [0.2, 0.25) is 0 Å². The minimum atomic E-state index is 0.639. The second kappa shape index (κ2) is 8.08. The number of hydrogen-bond donors (Lipinski definition) is 1. The zero-order valence-corrected chi connectivity index (χ0v) is 11.5. The second-order valence-electron chi connectivity index (χ2n) is 5.44. The predicted molar refractivity (Wildman–Crippen MR) is 71.9 cm³/mol. The molecule has 0 unspecified atom stereocenters. The molecule has 16 heavy (non-hydrogen) atoms. The summed E-state index contributed by atoms with van der Waals surface area (Å²) in [7, 11) is 0. The summed E-state index contributed by atoms with van der Waals surface area (Å²) in [5.74, 6) is 0. The van der Waals surface area contributed by atoms with E-state index in [2.05, 4.69) is 31.0 Å². The van der Waals surface area contributed by atoms with Gasteiger partial charge in [0.1, 0.15) is 0 Å². The van der Waals surface area contributed by atoms with Crippen molar-refractivity contribution >= 4 is 0 Å². The third-order valence-electron chi connectivity index (χ3n) is 3.56. The fourth-order valence-corrected chi connectivity index (χ4v) is 2.61. The Bertz CT molecular complexity index is 168. The van der Waals surface area contributed by atoms with Gasteiger partial charge in [-0.3, -0.25) is 0 Å². The molecule has 1 aliphatic heterocycles. The van der Waals surface area contributed by atoms with Gasteiger partial charge in [-0.2, -0.15) is 0 Å². The van der Waals surface area contributed by atoms with Gasteiger partial charge in [0.05, 0.1) is 0 Å². The van der Waals surface area contributed by atoms with E-state index in [1.807, 2.05) is 0 Å². The minimum absolute atomic E-state index is 0.639. The molecule has 1 heterocycles. The van der Waals surface area contributed by atoms with Crippen molar-refractivity contribution in [2.24, 2.45) is 0 Å². The van der Waals surface area contributed by atoms with Crippen LogP contribution in [0.3, 0.4) is 0 Å². The van der Waals surface area contributed by atoms with Crippen LogP contribution < -0.4 is 5.32 Å². The van der Waals surface area contributed by atoms with Gasteiger partial charge < -0.3 is 10.2 Å². The molecule has 0 aromatic carbocycles. The number of rotatable bonds is 8. The van der Waals surface area contributed by atoms with Gasteiger partial charge in [-0.15, -0.1) is 0 Å². The van der Waals surface area contributed by atoms with Crippen LogP contribution in [-0.4, -0.2) is 36.6 Å². The molecular formula is C14H30N2. The summed E-state index contributed by atoms with van der Waals surface area (Å²) >= 11 is 0. The lowest BCUT2D eigenvalue weighted by Gasteiger charge is -2.24. The molecule has 96 valence electrons. The van der Waals surface area contributed by atoms with E-state index in [1.165, 1.54) is 58.2 Å². The molecule has 0 spiro atoms. The van der Waals surface area contributed by atoms with Crippen molar-refractivity contribution in [2.45, 2.75) is 71.4 Å². The quantitative estimate of drug-likeness (QED) is 0.640. The average Bonchev–Trinajstić information content (AvgIpc) is 2.69. The van der Waals surface area contributed by atoms with Crippen LogP contribution in [-0.2, 0) is 0 Å². The van der Waals surface area contributed by atoms with E-state index in [0.29, 0.717) is 6.04 Å². The van der Waals surface area contributed by atoms with Crippen molar-refractivity contribution in [1.29, 1.82) is 0 Å². The fraction of sp³-hybridized carbons (Fsp3) is 1.00. The van der Waals surface area contributed by atoms with Crippen molar-refractivity contribution in [3.8, 4) is 0 Å². The normalized spacial score (nSPS) is 22.1. The molecule has 1 atom stereocenters. The standard InChI is InChI=1S/C14H30N2/c1-4-5-11-16-12-7-9-14(16)8-6-10-15-13(2)3/h13-15H,4-12H2,1-3H3/t14-/m1/s1. The molecule has 2 nitrogen and oxygen atoms in total. The van der Waals surface area contributed by atoms with Gasteiger partial charge >= 0.3 is 0 Å². The lowest BCUT2D eigenvalue weighted by Crippen LogP contribution is -2.31. The number of unbranched alkanes of at least 4 members (excludes halogenated alkanes) is 1. The Labute approximate surface area is 102 Å². The molecule has 1 aliphatic rings. The van der Waals surface area contributed by atoms with Crippen LogP contribution in [0.4, 0.5) is 0 Å². The highest BCUT2D eigenvalue weighted by atomic mass is 15.2. The molecular weight excluding hydrogens is 196 g/mol. The summed E-state index contributed by atoms with van der Waals surface area (Å²) in [6.45, 7) is 10.6. The zero-order valence-electron chi connectivity index (χ0n) is 11.5. The van der Waals surface area contributed by atoms with Crippen molar-refractivity contribution < 1.29 is 0 Å². The maximum atomic E-state index is 3.51. The maximum Gasteiger partial charge on any atom is 0.00962 e. The Morgan fingerprint density at radius 2 is 2.12 bits per heavy atom. The number of likely N-dealkylation sites (tertiary alicyclic amines) is 1. The van der Waals surface area contributed by atoms with E-state index in [0.717, 1.165) is 6.04 Å². The lowest BCUT2D eigenvalue weighted by atomic mass is 10.1. The monoisotopic (exact) mass is 226 g/mol. The van der Waals surface area contributed by atoms with Gasteiger partial charge in [0.25, 0.3) is 0 Å². The highest BCUT2D eigenvalue weighted by Gasteiger charge is 2.22. The average molecular weight is 226 g/mol. The van der Waals surface area contributed by atoms with Crippen molar-refractivity contribution in [1.82, 2.24) is 10.2 Å². The summed E-state index contributed by atoms with van der Waals surface area (Å²) in [5.41, 5.74) is 0. The van der Waals surface area contributed by atoms with E-state index in [4.69, 9.17) is 0 Å². The second-order valence-corrected chi connectivity index (χ2v) is 5.44. The smallest absolute Gasteiger partial charge is 0.00962 e. The molecule has 0 saturated carbocycles. The van der Waals surface area contributed by atoms with Crippen molar-refractivity contribution in [3.05, 3.63) is 0 Å². The maximum absolute atomic E-state index is 3.51. The molecule has 0 aromatic heterocycles. The Morgan fingerprint density at radius 1 is 1.31 bits per heavy atom. The van der Waals surface area contributed by atoms with Gasteiger partial charge in [0.15, 0.2) is 0 Å². The molecule has 0 radical (unpaired) electrons. The van der Waals surface area contributed by atoms with Crippen LogP contribution >= 0.6 is 0 Å². The zero-order chi connectivity index (χ0) is 11.8. The van der Waals surface area contributed by atoms with E-state index in [1.54, 1.807) is 0 Å². The number of nitrogens with zero attached hydrogens (tertiary/aromatic N) is 1. The molecule has 0 aliphatic carbocycles. The molecule has 2 heteroatoms. The fourth-order valence-electron chi connectivity index (χ4n) is 2.61. The van der Waals surface area contributed by atoms with Gasteiger partial charge in [0.2, 0.25) is 0 Å². The van der Waals surface area contributed by atoms with E-state index >= 15 is 0 Å². The van der Waals surface area contributed by atoms with Crippen LogP contribution in [0.15, 0.2) is 0 Å². The summed E-state index contributed by atoms with van der Waals surface area (Å²) in [4.78, 5) is 2.72. The molecule has 0 amide bonds. The SMILES string of the molecule is CCCCN1CCC[C@H]1CCCNC(C)C. The first-order valence-electron chi connectivity index (χ1n) is 7.21. The van der Waals surface area contributed by atoms with Crippen LogP contribution in [0, 0.1) is 0 Å². The third kappa shape index (κ3) is 5.31. The highest BCUT2D eigenvalue weighted by Crippen LogP contribution is 2.21. The Kier molecular flexibility index (Phi) is 7.06. The third-order valence-corrected chi connectivity index (χ3v) is 3.56.